The molecule has 4 heterocycles. The Hall–Kier alpha value is -2.70. The fourth-order valence-electron chi connectivity index (χ4n) is 4.91. The zero-order chi connectivity index (χ0) is 21.9. The van der Waals surface area contributed by atoms with Gasteiger partial charge >= 0.3 is 0 Å². The van der Waals surface area contributed by atoms with E-state index in [0.717, 1.165) is 81.5 Å². The van der Waals surface area contributed by atoms with E-state index in [0.29, 0.717) is 12.5 Å². The Morgan fingerprint density at radius 2 is 1.72 bits per heavy atom. The minimum Gasteiger partial charge on any atom is -0.396 e. The number of anilines is 2. The van der Waals surface area contributed by atoms with E-state index in [4.69, 9.17) is 9.97 Å². The van der Waals surface area contributed by atoms with Gasteiger partial charge in [0.05, 0.1) is 5.69 Å². The SMILES string of the molecule is CCN1CCN(c2nc(-c3ccc(N4CCC(CO)CC4)nc3)cc3ccccc23)CC1. The van der Waals surface area contributed by atoms with Crippen molar-refractivity contribution in [1.82, 2.24) is 14.9 Å². The van der Waals surface area contributed by atoms with Gasteiger partial charge in [0.25, 0.3) is 0 Å². The Morgan fingerprint density at radius 1 is 0.938 bits per heavy atom. The van der Waals surface area contributed by atoms with Crippen LogP contribution in [0, 0.1) is 5.92 Å². The van der Waals surface area contributed by atoms with Crippen LogP contribution in [0.5, 0.6) is 0 Å². The number of benzene rings is 1. The van der Waals surface area contributed by atoms with Crippen LogP contribution in [0.3, 0.4) is 0 Å². The highest BCUT2D eigenvalue weighted by molar-refractivity contribution is 5.95. The second-order valence-electron chi connectivity index (χ2n) is 8.99. The van der Waals surface area contributed by atoms with E-state index in [9.17, 15) is 5.11 Å². The fourth-order valence-corrected chi connectivity index (χ4v) is 4.91. The van der Waals surface area contributed by atoms with Crippen molar-refractivity contribution in [2.45, 2.75) is 19.8 Å². The Bertz CT molecular complexity index is 1040. The molecule has 0 radical (unpaired) electrons. The third-order valence-electron chi connectivity index (χ3n) is 7.08. The van der Waals surface area contributed by atoms with Crippen molar-refractivity contribution in [2.75, 3.05) is 62.2 Å². The average Bonchev–Trinajstić information content (AvgIpc) is 2.88. The molecule has 168 valence electrons. The zero-order valence-corrected chi connectivity index (χ0v) is 19.0. The molecule has 2 saturated heterocycles. The van der Waals surface area contributed by atoms with E-state index >= 15 is 0 Å². The van der Waals surface area contributed by atoms with Crippen LogP contribution in [0.1, 0.15) is 19.8 Å². The van der Waals surface area contributed by atoms with E-state index in [2.05, 4.69) is 64.1 Å². The number of aromatic nitrogens is 2. The maximum atomic E-state index is 9.38. The van der Waals surface area contributed by atoms with Gasteiger partial charge in [-0.1, -0.05) is 31.2 Å². The molecule has 0 amide bonds. The van der Waals surface area contributed by atoms with Crippen LogP contribution < -0.4 is 9.80 Å². The molecule has 2 fully saturated rings. The van der Waals surface area contributed by atoms with E-state index in [1.807, 2.05) is 6.20 Å². The molecule has 0 aliphatic carbocycles. The molecule has 0 bridgehead atoms. The van der Waals surface area contributed by atoms with E-state index < -0.39 is 0 Å². The number of piperazine rings is 1. The summed E-state index contributed by atoms with van der Waals surface area (Å²) < 4.78 is 0. The first-order valence-electron chi connectivity index (χ1n) is 11.9. The molecule has 32 heavy (non-hydrogen) atoms. The molecule has 1 N–H and O–H groups in total. The van der Waals surface area contributed by atoms with Crippen molar-refractivity contribution in [3.05, 3.63) is 48.7 Å². The number of fused-ring (bicyclic) bond motifs is 1. The number of hydrogen-bond acceptors (Lipinski definition) is 6. The summed E-state index contributed by atoms with van der Waals surface area (Å²) in [5.41, 5.74) is 2.04. The van der Waals surface area contributed by atoms with Crippen LogP contribution in [0.25, 0.3) is 22.0 Å². The zero-order valence-electron chi connectivity index (χ0n) is 19.0. The first kappa shape index (κ1) is 21.2. The normalized spacial score (nSPS) is 18.4. The maximum Gasteiger partial charge on any atom is 0.137 e. The second kappa shape index (κ2) is 9.43. The number of rotatable bonds is 5. The molecule has 3 aromatic rings. The molecule has 2 aliphatic rings. The van der Waals surface area contributed by atoms with Gasteiger partial charge in [0.15, 0.2) is 0 Å². The number of likely N-dealkylation sites (N-methyl/N-ethyl adjacent to an activating group) is 1. The van der Waals surface area contributed by atoms with Crippen molar-refractivity contribution in [3.8, 4) is 11.3 Å². The van der Waals surface area contributed by atoms with Gasteiger partial charge in [-0.25, -0.2) is 9.97 Å². The third kappa shape index (κ3) is 4.30. The molecular weight excluding hydrogens is 398 g/mol. The lowest BCUT2D eigenvalue weighted by Gasteiger charge is -2.35. The summed E-state index contributed by atoms with van der Waals surface area (Å²) in [5, 5.41) is 11.8. The van der Waals surface area contributed by atoms with Gasteiger partial charge in [-0.15, -0.1) is 0 Å². The van der Waals surface area contributed by atoms with Crippen LogP contribution in [-0.2, 0) is 0 Å². The lowest BCUT2D eigenvalue weighted by atomic mass is 9.98. The Kier molecular flexibility index (Phi) is 6.23. The minimum atomic E-state index is 0.295. The summed E-state index contributed by atoms with van der Waals surface area (Å²) in [5.74, 6) is 2.54. The van der Waals surface area contributed by atoms with E-state index in [-0.39, 0.29) is 0 Å². The Labute approximate surface area is 190 Å². The second-order valence-corrected chi connectivity index (χ2v) is 8.99. The smallest absolute Gasteiger partial charge is 0.137 e. The molecule has 0 spiro atoms. The number of piperidine rings is 1. The van der Waals surface area contributed by atoms with Crippen molar-refractivity contribution in [1.29, 1.82) is 0 Å². The topological polar surface area (TPSA) is 55.7 Å². The number of aliphatic hydroxyl groups is 1. The summed E-state index contributed by atoms with van der Waals surface area (Å²) in [6.07, 6.45) is 4.02. The molecule has 0 unspecified atom stereocenters. The standard InChI is InChI=1S/C26H33N5O/c1-2-29-13-15-31(16-14-29)26-23-6-4-3-5-21(23)17-24(28-26)22-7-8-25(27-18-22)30-11-9-20(19-32)10-12-30/h3-8,17-18,20,32H,2,9-16,19H2,1H3. The van der Waals surface area contributed by atoms with Gasteiger partial charge in [0.2, 0.25) is 0 Å². The summed E-state index contributed by atoms with van der Waals surface area (Å²) in [4.78, 5) is 17.2. The predicted molar refractivity (Wildman–Crippen MR) is 131 cm³/mol. The van der Waals surface area contributed by atoms with Crippen LogP contribution >= 0.6 is 0 Å². The number of aliphatic hydroxyl groups excluding tert-OH is 1. The van der Waals surface area contributed by atoms with Gasteiger partial charge in [-0.2, -0.15) is 0 Å². The first-order chi connectivity index (χ1) is 15.7. The van der Waals surface area contributed by atoms with Crippen molar-refractivity contribution in [2.24, 2.45) is 5.92 Å². The number of hydrogen-bond donors (Lipinski definition) is 1. The van der Waals surface area contributed by atoms with Gasteiger partial charge in [0, 0.05) is 63.0 Å². The summed E-state index contributed by atoms with van der Waals surface area (Å²) in [7, 11) is 0. The van der Waals surface area contributed by atoms with Crippen LogP contribution in [0.2, 0.25) is 0 Å². The Morgan fingerprint density at radius 3 is 2.41 bits per heavy atom. The monoisotopic (exact) mass is 431 g/mol. The molecular formula is C26H33N5O. The Balaban J connectivity index is 1.42. The molecule has 0 atom stereocenters. The lowest BCUT2D eigenvalue weighted by molar-refractivity contribution is 0.203. The molecule has 6 nitrogen and oxygen atoms in total. The van der Waals surface area contributed by atoms with Crippen LogP contribution in [0.4, 0.5) is 11.6 Å². The van der Waals surface area contributed by atoms with E-state index in [1.54, 1.807) is 0 Å². The van der Waals surface area contributed by atoms with Crippen LogP contribution in [-0.4, -0.2) is 72.4 Å². The lowest BCUT2D eigenvalue weighted by Crippen LogP contribution is -2.46. The largest absolute Gasteiger partial charge is 0.396 e. The minimum absolute atomic E-state index is 0.295. The van der Waals surface area contributed by atoms with E-state index in [1.165, 1.54) is 10.8 Å². The first-order valence-corrected chi connectivity index (χ1v) is 11.9. The summed E-state index contributed by atoms with van der Waals surface area (Å²) in [6, 6.07) is 15.0. The quantitative estimate of drug-likeness (QED) is 0.666. The van der Waals surface area contributed by atoms with Crippen molar-refractivity contribution in [3.63, 3.8) is 0 Å². The highest BCUT2D eigenvalue weighted by atomic mass is 16.3. The third-order valence-corrected chi connectivity index (χ3v) is 7.08. The number of pyridine rings is 2. The summed E-state index contributed by atoms with van der Waals surface area (Å²) in [6.45, 7) is 9.74. The molecule has 5 rings (SSSR count). The highest BCUT2D eigenvalue weighted by Crippen LogP contribution is 2.31. The molecule has 2 aliphatic heterocycles. The fraction of sp³-hybridized carbons (Fsp3) is 0.462. The molecule has 6 heteroatoms. The predicted octanol–water partition coefficient (Wildman–Crippen LogP) is 3.65. The van der Waals surface area contributed by atoms with Gasteiger partial charge in [0.1, 0.15) is 11.6 Å². The molecule has 2 aromatic heterocycles. The highest BCUT2D eigenvalue weighted by Gasteiger charge is 2.21. The van der Waals surface area contributed by atoms with Crippen molar-refractivity contribution < 1.29 is 5.11 Å². The molecule has 0 saturated carbocycles. The number of nitrogens with zero attached hydrogens (tertiary/aromatic N) is 5. The van der Waals surface area contributed by atoms with Gasteiger partial charge < -0.3 is 19.8 Å². The van der Waals surface area contributed by atoms with Crippen LogP contribution in [0.15, 0.2) is 48.7 Å². The molecule has 1 aromatic carbocycles. The summed E-state index contributed by atoms with van der Waals surface area (Å²) >= 11 is 0. The van der Waals surface area contributed by atoms with Gasteiger partial charge in [-0.3, -0.25) is 0 Å². The van der Waals surface area contributed by atoms with Crippen molar-refractivity contribution >= 4 is 22.4 Å². The van der Waals surface area contributed by atoms with Gasteiger partial charge in [-0.05, 0) is 48.9 Å². The average molecular weight is 432 g/mol. The maximum absolute atomic E-state index is 9.38.